The van der Waals surface area contributed by atoms with Gasteiger partial charge < -0.3 is 10.1 Å². The molecule has 20 heavy (non-hydrogen) atoms. The minimum absolute atomic E-state index is 0.0347. The zero-order valence-electron chi connectivity index (χ0n) is 14.0. The molecule has 0 spiro atoms. The molecule has 1 fully saturated rings. The molecule has 0 unspecified atom stereocenters. The van der Waals surface area contributed by atoms with Crippen molar-refractivity contribution in [1.29, 1.82) is 0 Å². The van der Waals surface area contributed by atoms with E-state index in [0.717, 1.165) is 24.2 Å². The standard InChI is InChI=1S/C16H30N2O2/c1-11(2)14(5)15(19)17-10-16(6,7)18-8-12(3)20-13(4)9-18/h12-13H,8-10H2,1-7H3,(H,17,19)/t12-,13-/m0/s1. The summed E-state index contributed by atoms with van der Waals surface area (Å²) in [6.45, 7) is 16.8. The van der Waals surface area contributed by atoms with Gasteiger partial charge in [-0.3, -0.25) is 9.69 Å². The first-order chi connectivity index (χ1) is 9.13. The molecular formula is C16H30N2O2. The number of nitrogens with one attached hydrogen (secondary N) is 1. The number of hydrogen-bond donors (Lipinski definition) is 1. The third-order valence-corrected chi connectivity index (χ3v) is 4.05. The van der Waals surface area contributed by atoms with Crippen molar-refractivity contribution in [3.8, 4) is 0 Å². The van der Waals surface area contributed by atoms with E-state index in [1.54, 1.807) is 0 Å². The molecule has 1 aliphatic heterocycles. The summed E-state index contributed by atoms with van der Waals surface area (Å²) >= 11 is 0. The van der Waals surface area contributed by atoms with Crippen LogP contribution in [0.3, 0.4) is 0 Å². The van der Waals surface area contributed by atoms with Gasteiger partial charge in [-0.25, -0.2) is 0 Å². The first kappa shape index (κ1) is 17.2. The lowest BCUT2D eigenvalue weighted by atomic mass is 9.99. The molecule has 0 aromatic rings. The summed E-state index contributed by atoms with van der Waals surface area (Å²) in [5.41, 5.74) is 1.81. The second kappa shape index (κ2) is 6.72. The number of morpholine rings is 1. The van der Waals surface area contributed by atoms with Crippen molar-refractivity contribution >= 4 is 5.91 Å². The zero-order chi connectivity index (χ0) is 15.5. The summed E-state index contributed by atoms with van der Waals surface area (Å²) < 4.78 is 5.77. The van der Waals surface area contributed by atoms with Gasteiger partial charge in [0.2, 0.25) is 5.91 Å². The van der Waals surface area contributed by atoms with Crippen LogP contribution in [0.2, 0.25) is 0 Å². The summed E-state index contributed by atoms with van der Waals surface area (Å²) in [5.74, 6) is 0.0347. The SMILES string of the molecule is CC(C)=C(C)C(=O)NCC(C)(C)N1C[C@H](C)O[C@@H](C)C1. The van der Waals surface area contributed by atoms with Crippen LogP contribution in [-0.4, -0.2) is 48.2 Å². The van der Waals surface area contributed by atoms with Crippen LogP contribution in [0.15, 0.2) is 11.1 Å². The average molecular weight is 282 g/mol. The predicted molar refractivity (Wildman–Crippen MR) is 82.7 cm³/mol. The van der Waals surface area contributed by atoms with Gasteiger partial charge in [0.15, 0.2) is 0 Å². The van der Waals surface area contributed by atoms with E-state index in [-0.39, 0.29) is 23.7 Å². The fourth-order valence-corrected chi connectivity index (χ4v) is 2.44. The molecule has 1 heterocycles. The topological polar surface area (TPSA) is 41.6 Å². The van der Waals surface area contributed by atoms with Gasteiger partial charge in [-0.2, -0.15) is 0 Å². The smallest absolute Gasteiger partial charge is 0.246 e. The first-order valence-corrected chi connectivity index (χ1v) is 7.46. The maximum absolute atomic E-state index is 12.0. The Morgan fingerprint density at radius 3 is 2.15 bits per heavy atom. The molecule has 1 rings (SSSR count). The molecule has 1 saturated heterocycles. The number of ether oxygens (including phenoxy) is 1. The van der Waals surface area contributed by atoms with E-state index in [4.69, 9.17) is 4.74 Å². The minimum Gasteiger partial charge on any atom is -0.373 e. The maximum Gasteiger partial charge on any atom is 0.246 e. The molecule has 116 valence electrons. The average Bonchev–Trinajstić information content (AvgIpc) is 2.33. The highest BCUT2D eigenvalue weighted by Gasteiger charge is 2.33. The molecule has 1 aliphatic rings. The lowest BCUT2D eigenvalue weighted by molar-refractivity contribution is -0.119. The Hall–Kier alpha value is -0.870. The number of nitrogens with zero attached hydrogens (tertiary/aromatic N) is 1. The molecule has 0 aromatic heterocycles. The summed E-state index contributed by atoms with van der Waals surface area (Å²) in [5, 5.41) is 3.05. The van der Waals surface area contributed by atoms with Gasteiger partial charge >= 0.3 is 0 Å². The molecule has 0 aliphatic carbocycles. The quantitative estimate of drug-likeness (QED) is 0.805. The van der Waals surface area contributed by atoms with Gasteiger partial charge in [0.1, 0.15) is 0 Å². The highest BCUT2D eigenvalue weighted by atomic mass is 16.5. The van der Waals surface area contributed by atoms with Crippen molar-refractivity contribution < 1.29 is 9.53 Å². The molecule has 0 bridgehead atoms. The number of amides is 1. The van der Waals surface area contributed by atoms with Crippen molar-refractivity contribution in [3.63, 3.8) is 0 Å². The Balaban J connectivity index is 2.61. The lowest BCUT2D eigenvalue weighted by Crippen LogP contribution is -2.58. The molecule has 1 amide bonds. The van der Waals surface area contributed by atoms with Crippen LogP contribution < -0.4 is 5.32 Å². The van der Waals surface area contributed by atoms with E-state index in [1.807, 2.05) is 20.8 Å². The molecule has 4 nitrogen and oxygen atoms in total. The molecular weight excluding hydrogens is 252 g/mol. The third-order valence-electron chi connectivity index (χ3n) is 4.05. The monoisotopic (exact) mass is 282 g/mol. The largest absolute Gasteiger partial charge is 0.373 e. The molecule has 1 N–H and O–H groups in total. The zero-order valence-corrected chi connectivity index (χ0v) is 14.0. The number of carbonyl (C=O) groups is 1. The highest BCUT2D eigenvalue weighted by molar-refractivity contribution is 5.93. The Morgan fingerprint density at radius 1 is 1.20 bits per heavy atom. The number of allylic oxidation sites excluding steroid dienone is 1. The van der Waals surface area contributed by atoms with Crippen LogP contribution in [0.1, 0.15) is 48.5 Å². The number of rotatable bonds is 4. The maximum atomic E-state index is 12.0. The molecule has 0 saturated carbocycles. The predicted octanol–water partition coefficient (Wildman–Crippen LogP) is 2.35. The van der Waals surface area contributed by atoms with Gasteiger partial charge in [0, 0.05) is 30.7 Å². The molecule has 0 radical (unpaired) electrons. The summed E-state index contributed by atoms with van der Waals surface area (Å²) in [6.07, 6.45) is 0.487. The Kier molecular flexibility index (Phi) is 5.78. The highest BCUT2D eigenvalue weighted by Crippen LogP contribution is 2.20. The Bertz CT molecular complexity index is 374. The van der Waals surface area contributed by atoms with E-state index in [9.17, 15) is 4.79 Å². The summed E-state index contributed by atoms with van der Waals surface area (Å²) in [7, 11) is 0. The van der Waals surface area contributed by atoms with Gasteiger partial charge in [0.05, 0.1) is 12.2 Å². The van der Waals surface area contributed by atoms with Crippen LogP contribution >= 0.6 is 0 Å². The van der Waals surface area contributed by atoms with Gasteiger partial charge in [-0.1, -0.05) is 5.57 Å². The Labute approximate surface area is 123 Å². The minimum atomic E-state index is -0.0656. The van der Waals surface area contributed by atoms with Crippen LogP contribution in [0, 0.1) is 0 Å². The van der Waals surface area contributed by atoms with Crippen LogP contribution in [0.5, 0.6) is 0 Å². The van der Waals surface area contributed by atoms with Crippen molar-refractivity contribution in [1.82, 2.24) is 10.2 Å². The van der Waals surface area contributed by atoms with E-state index in [2.05, 4.69) is 37.9 Å². The fraction of sp³-hybridized carbons (Fsp3) is 0.812. The molecule has 2 atom stereocenters. The normalized spacial score (nSPS) is 24.4. The van der Waals surface area contributed by atoms with Crippen LogP contribution in [0.25, 0.3) is 0 Å². The van der Waals surface area contributed by atoms with Gasteiger partial charge in [-0.05, 0) is 48.5 Å². The van der Waals surface area contributed by atoms with Gasteiger partial charge in [0.25, 0.3) is 0 Å². The van der Waals surface area contributed by atoms with E-state index < -0.39 is 0 Å². The summed E-state index contributed by atoms with van der Waals surface area (Å²) in [4.78, 5) is 14.4. The second-order valence-electron chi connectivity index (χ2n) is 6.78. The molecule has 0 aromatic carbocycles. The second-order valence-corrected chi connectivity index (χ2v) is 6.78. The Morgan fingerprint density at radius 2 is 1.70 bits per heavy atom. The lowest BCUT2D eigenvalue weighted by Gasteiger charge is -2.45. The van der Waals surface area contributed by atoms with Crippen molar-refractivity contribution in [2.45, 2.75) is 66.2 Å². The molecule has 4 heteroatoms. The van der Waals surface area contributed by atoms with E-state index in [1.165, 1.54) is 0 Å². The fourth-order valence-electron chi connectivity index (χ4n) is 2.44. The van der Waals surface area contributed by atoms with E-state index >= 15 is 0 Å². The van der Waals surface area contributed by atoms with Crippen molar-refractivity contribution in [3.05, 3.63) is 11.1 Å². The van der Waals surface area contributed by atoms with Crippen LogP contribution in [-0.2, 0) is 9.53 Å². The first-order valence-electron chi connectivity index (χ1n) is 7.46. The van der Waals surface area contributed by atoms with Crippen molar-refractivity contribution in [2.24, 2.45) is 0 Å². The van der Waals surface area contributed by atoms with E-state index in [0.29, 0.717) is 6.54 Å². The summed E-state index contributed by atoms with van der Waals surface area (Å²) in [6, 6.07) is 0. The van der Waals surface area contributed by atoms with Gasteiger partial charge in [-0.15, -0.1) is 0 Å². The number of hydrogen-bond acceptors (Lipinski definition) is 3. The third kappa shape index (κ3) is 4.60. The number of carbonyl (C=O) groups excluding carboxylic acids is 1. The van der Waals surface area contributed by atoms with Crippen molar-refractivity contribution in [2.75, 3.05) is 19.6 Å². The van der Waals surface area contributed by atoms with Crippen LogP contribution in [0.4, 0.5) is 0 Å².